The molecule has 0 radical (unpaired) electrons. The van der Waals surface area contributed by atoms with Crippen molar-refractivity contribution in [2.45, 2.75) is 23.9 Å². The topological polar surface area (TPSA) is 77.8 Å². The summed E-state index contributed by atoms with van der Waals surface area (Å²) < 4.78 is 143. The molecule has 278 valence electrons. The lowest BCUT2D eigenvalue weighted by molar-refractivity contribution is -0.259. The van der Waals surface area contributed by atoms with Crippen LogP contribution in [0.25, 0.3) is 33.6 Å². The standard InChI is InChI=1S/C39H32F6O8/c1-46-21-9-11-23-27(17-21)52-35(19-7-13-25(48-3)29(15-19)50-5)31(23)33-34(38(42,43)39(44,45)37(33,40)41)32-24-12-10-22(47-2)18-28(24)53-36(32)20-8-14-26(49-4)30(16-20)51-6/h7-18,23,27H,1-6H3. The van der Waals surface area contributed by atoms with Crippen LogP contribution >= 0.6 is 0 Å². The van der Waals surface area contributed by atoms with Crippen molar-refractivity contribution in [2.24, 2.45) is 5.92 Å². The summed E-state index contributed by atoms with van der Waals surface area (Å²) in [6, 6.07) is 12.5. The molecule has 3 aliphatic rings. The maximum atomic E-state index is 16.7. The predicted molar refractivity (Wildman–Crippen MR) is 182 cm³/mol. The molecule has 7 rings (SSSR count). The highest BCUT2D eigenvalue weighted by Gasteiger charge is 2.81. The molecule has 0 bridgehead atoms. The fourth-order valence-corrected chi connectivity index (χ4v) is 7.01. The number of alkyl halides is 6. The number of fused-ring (bicyclic) bond motifs is 2. The Morgan fingerprint density at radius 1 is 0.623 bits per heavy atom. The number of halogens is 6. The average molecular weight is 743 g/mol. The van der Waals surface area contributed by atoms with E-state index in [4.69, 9.17) is 37.6 Å². The zero-order chi connectivity index (χ0) is 38.0. The third kappa shape index (κ3) is 5.20. The Labute approximate surface area is 299 Å². The van der Waals surface area contributed by atoms with Crippen molar-refractivity contribution in [3.05, 3.63) is 101 Å². The number of allylic oxidation sites excluding steroid dienone is 3. The summed E-state index contributed by atoms with van der Waals surface area (Å²) in [5.74, 6) is -17.5. The van der Waals surface area contributed by atoms with Crippen molar-refractivity contribution >= 4 is 22.3 Å². The lowest BCUT2D eigenvalue weighted by Crippen LogP contribution is -2.49. The van der Waals surface area contributed by atoms with Crippen LogP contribution in [0.1, 0.15) is 11.1 Å². The van der Waals surface area contributed by atoms with E-state index in [1.165, 1.54) is 115 Å². The zero-order valence-corrected chi connectivity index (χ0v) is 29.1. The summed E-state index contributed by atoms with van der Waals surface area (Å²) >= 11 is 0. The van der Waals surface area contributed by atoms with Gasteiger partial charge in [0.25, 0.3) is 0 Å². The van der Waals surface area contributed by atoms with Gasteiger partial charge in [0.2, 0.25) is 0 Å². The van der Waals surface area contributed by atoms with Crippen molar-refractivity contribution in [3.8, 4) is 40.1 Å². The quantitative estimate of drug-likeness (QED) is 0.149. The average Bonchev–Trinajstić information content (AvgIpc) is 3.75. The van der Waals surface area contributed by atoms with Gasteiger partial charge in [0.15, 0.2) is 23.0 Å². The van der Waals surface area contributed by atoms with Crippen LogP contribution in [0.5, 0.6) is 28.7 Å². The van der Waals surface area contributed by atoms with E-state index in [2.05, 4.69) is 0 Å². The molecule has 0 saturated heterocycles. The third-order valence-corrected chi connectivity index (χ3v) is 9.59. The Morgan fingerprint density at radius 2 is 1.23 bits per heavy atom. The fraction of sp³-hybridized carbons (Fsp3) is 0.282. The molecule has 3 aromatic carbocycles. The number of benzene rings is 3. The van der Waals surface area contributed by atoms with Crippen LogP contribution < -0.4 is 23.7 Å². The Kier molecular flexibility index (Phi) is 8.61. The van der Waals surface area contributed by atoms with Gasteiger partial charge in [-0.1, -0.05) is 6.08 Å². The largest absolute Gasteiger partial charge is 0.497 e. The minimum Gasteiger partial charge on any atom is -0.497 e. The van der Waals surface area contributed by atoms with Crippen molar-refractivity contribution < 1.29 is 63.9 Å². The molecule has 2 heterocycles. The molecule has 2 unspecified atom stereocenters. The summed E-state index contributed by atoms with van der Waals surface area (Å²) in [5, 5.41) is -0.152. The maximum Gasteiger partial charge on any atom is 0.380 e. The van der Waals surface area contributed by atoms with Gasteiger partial charge in [0.1, 0.15) is 34.7 Å². The van der Waals surface area contributed by atoms with Crippen LogP contribution in [-0.2, 0) is 9.47 Å². The highest BCUT2D eigenvalue weighted by atomic mass is 19.3. The number of hydrogen-bond acceptors (Lipinski definition) is 8. The van der Waals surface area contributed by atoms with E-state index in [-0.39, 0.29) is 62.4 Å². The van der Waals surface area contributed by atoms with Crippen LogP contribution in [0, 0.1) is 5.92 Å². The monoisotopic (exact) mass is 742 g/mol. The number of furan rings is 1. The van der Waals surface area contributed by atoms with E-state index in [1.54, 1.807) is 0 Å². The van der Waals surface area contributed by atoms with E-state index in [0.717, 1.165) is 0 Å². The summed E-state index contributed by atoms with van der Waals surface area (Å²) in [5.41, 5.74) is -4.46. The van der Waals surface area contributed by atoms with Gasteiger partial charge in [-0.25, -0.2) is 0 Å². The second kappa shape index (κ2) is 12.8. The molecule has 2 aliphatic carbocycles. The van der Waals surface area contributed by atoms with Crippen molar-refractivity contribution in [2.75, 3.05) is 42.7 Å². The molecule has 0 saturated carbocycles. The summed E-state index contributed by atoms with van der Waals surface area (Å²) in [6.07, 6.45) is 3.18. The number of rotatable bonds is 10. The number of hydrogen-bond donors (Lipinski definition) is 0. The molecule has 1 aromatic heterocycles. The van der Waals surface area contributed by atoms with Crippen LogP contribution in [0.4, 0.5) is 26.3 Å². The molecule has 8 nitrogen and oxygen atoms in total. The van der Waals surface area contributed by atoms with Gasteiger partial charge in [0.05, 0.1) is 42.7 Å². The van der Waals surface area contributed by atoms with Gasteiger partial charge >= 0.3 is 17.8 Å². The van der Waals surface area contributed by atoms with Crippen molar-refractivity contribution in [3.63, 3.8) is 0 Å². The molecule has 0 amide bonds. The van der Waals surface area contributed by atoms with Gasteiger partial charge in [-0.3, -0.25) is 0 Å². The molecule has 0 N–H and O–H groups in total. The smallest absolute Gasteiger partial charge is 0.380 e. The Hall–Kier alpha value is -5.66. The second-order valence-electron chi connectivity index (χ2n) is 12.3. The van der Waals surface area contributed by atoms with E-state index in [9.17, 15) is 0 Å². The SMILES string of the molecule is COC1=CC2OC(c3ccc(OC)c(OC)c3)=C(C3=C(c4c(-c5ccc(OC)c(OC)c5)oc5cc(OC)ccc45)C(F)(F)C(F)(F)C3(F)F)C2C=C1. The predicted octanol–water partition coefficient (Wildman–Crippen LogP) is 9.34. The Morgan fingerprint density at radius 3 is 1.83 bits per heavy atom. The summed E-state index contributed by atoms with van der Waals surface area (Å²) in [7, 11) is 8.15. The lowest BCUT2D eigenvalue weighted by atomic mass is 9.81. The van der Waals surface area contributed by atoms with Gasteiger partial charge < -0.3 is 37.6 Å². The highest BCUT2D eigenvalue weighted by Crippen LogP contribution is 2.67. The summed E-state index contributed by atoms with van der Waals surface area (Å²) in [4.78, 5) is 0. The van der Waals surface area contributed by atoms with E-state index in [1.807, 2.05) is 0 Å². The molecule has 14 heteroatoms. The first-order valence-electron chi connectivity index (χ1n) is 16.1. The summed E-state index contributed by atoms with van der Waals surface area (Å²) in [6.45, 7) is 0. The van der Waals surface area contributed by atoms with E-state index >= 15 is 26.3 Å². The molecule has 2 atom stereocenters. The molecule has 4 aromatic rings. The van der Waals surface area contributed by atoms with Gasteiger partial charge in [0, 0.05) is 50.8 Å². The highest BCUT2D eigenvalue weighted by molar-refractivity contribution is 6.04. The minimum atomic E-state index is -5.91. The molecule has 1 aliphatic heterocycles. The first-order chi connectivity index (χ1) is 25.3. The first-order valence-corrected chi connectivity index (χ1v) is 16.1. The Balaban J connectivity index is 1.63. The van der Waals surface area contributed by atoms with Gasteiger partial charge in [-0.05, 0) is 60.7 Å². The third-order valence-electron chi connectivity index (χ3n) is 9.59. The molecular formula is C39H32F6O8. The normalized spacial score (nSPS) is 20.9. The fourth-order valence-electron chi connectivity index (χ4n) is 7.01. The molecule has 0 spiro atoms. The zero-order valence-electron chi connectivity index (χ0n) is 29.1. The van der Waals surface area contributed by atoms with Crippen LogP contribution in [0.2, 0.25) is 0 Å². The second-order valence-corrected chi connectivity index (χ2v) is 12.3. The molecular weight excluding hydrogens is 710 g/mol. The minimum absolute atomic E-state index is 0.0499. The van der Waals surface area contributed by atoms with Gasteiger partial charge in [-0.2, -0.15) is 26.3 Å². The molecule has 53 heavy (non-hydrogen) atoms. The number of ether oxygens (including phenoxy) is 7. The van der Waals surface area contributed by atoms with Crippen molar-refractivity contribution in [1.82, 2.24) is 0 Å². The van der Waals surface area contributed by atoms with E-state index in [0.29, 0.717) is 0 Å². The first kappa shape index (κ1) is 35.7. The van der Waals surface area contributed by atoms with E-state index < -0.39 is 57.8 Å². The van der Waals surface area contributed by atoms with Crippen LogP contribution in [0.15, 0.2) is 94.1 Å². The Bertz CT molecular complexity index is 2250. The number of methoxy groups -OCH3 is 6. The maximum absolute atomic E-state index is 16.7. The van der Waals surface area contributed by atoms with Crippen molar-refractivity contribution in [1.29, 1.82) is 0 Å². The molecule has 0 fully saturated rings. The van der Waals surface area contributed by atoms with Crippen LogP contribution in [-0.4, -0.2) is 66.5 Å². The lowest BCUT2D eigenvalue weighted by Gasteiger charge is -2.27. The van der Waals surface area contributed by atoms with Gasteiger partial charge in [-0.15, -0.1) is 0 Å². The van der Waals surface area contributed by atoms with Crippen LogP contribution in [0.3, 0.4) is 0 Å².